The Morgan fingerprint density at radius 1 is 0.683 bits per heavy atom. The molecule has 1 aromatic heterocycles. The molecular weight excluding hydrogens is 512 g/mol. The lowest BCUT2D eigenvalue weighted by Gasteiger charge is -2.17. The summed E-state index contributed by atoms with van der Waals surface area (Å²) in [5, 5.41) is 0. The molecule has 0 radical (unpaired) electrons. The predicted octanol–water partition coefficient (Wildman–Crippen LogP) is 9.08. The van der Waals surface area contributed by atoms with Crippen molar-refractivity contribution in [3.05, 3.63) is 60.9 Å². The van der Waals surface area contributed by atoms with Crippen LogP contribution in [0.15, 0.2) is 60.9 Å². The molecule has 0 spiro atoms. The van der Waals surface area contributed by atoms with Crippen molar-refractivity contribution in [2.24, 2.45) is 5.92 Å². The van der Waals surface area contributed by atoms with E-state index in [2.05, 4.69) is 35.9 Å². The van der Waals surface area contributed by atoms with Gasteiger partial charge in [-0.15, -0.1) is 0 Å². The lowest BCUT2D eigenvalue weighted by Crippen LogP contribution is -2.25. The van der Waals surface area contributed by atoms with Gasteiger partial charge in [0.2, 0.25) is 0 Å². The van der Waals surface area contributed by atoms with Crippen LogP contribution in [0.25, 0.3) is 22.5 Å². The first-order valence-corrected chi connectivity index (χ1v) is 15.5. The highest BCUT2D eigenvalue weighted by molar-refractivity contribution is 5.72. The number of carbonyl (C=O) groups is 1. The third-order valence-electron chi connectivity index (χ3n) is 7.17. The second-order valence-corrected chi connectivity index (χ2v) is 10.9. The fourth-order valence-electron chi connectivity index (χ4n) is 4.55. The number of nitrogens with zero attached hydrogens (tertiary/aromatic N) is 2. The van der Waals surface area contributed by atoms with Crippen molar-refractivity contribution >= 4 is 5.97 Å². The molecule has 0 saturated carbocycles. The Bertz CT molecular complexity index is 1130. The molecular formula is C35H48N2O4. The molecule has 6 heteroatoms. The third kappa shape index (κ3) is 11.5. The number of hydrogen-bond donors (Lipinski definition) is 0. The fraction of sp³-hybridized carbons (Fsp3) is 0.514. The summed E-state index contributed by atoms with van der Waals surface area (Å²) in [5.74, 6) is 1.92. The highest BCUT2D eigenvalue weighted by Gasteiger charge is 2.17. The number of esters is 1. The summed E-state index contributed by atoms with van der Waals surface area (Å²) in [7, 11) is 0. The number of rotatable bonds is 19. The van der Waals surface area contributed by atoms with Crippen LogP contribution in [0, 0.1) is 5.92 Å². The van der Waals surface area contributed by atoms with Crippen LogP contribution in [0.5, 0.6) is 11.5 Å². The highest BCUT2D eigenvalue weighted by Crippen LogP contribution is 2.26. The summed E-state index contributed by atoms with van der Waals surface area (Å²) in [6, 6.07) is 16.2. The van der Waals surface area contributed by atoms with Gasteiger partial charge in [-0.05, 0) is 43.0 Å². The van der Waals surface area contributed by atoms with E-state index >= 15 is 0 Å². The standard InChI is InChI=1S/C35H48N2O4/c1-5-7-9-11-13-23-39-33-24-36-34(37-25-33)31-17-15-29(16-18-31)30-19-21-32(22-20-30)40-26-28(4)41-35(38)27(3)14-12-10-8-6-2/h15-22,24-25,27-28H,5-14,23,26H2,1-4H3. The van der Waals surface area contributed by atoms with Crippen molar-refractivity contribution in [1.29, 1.82) is 0 Å². The molecule has 2 aromatic carbocycles. The second-order valence-electron chi connectivity index (χ2n) is 10.9. The van der Waals surface area contributed by atoms with Gasteiger partial charge in [-0.25, -0.2) is 9.97 Å². The molecule has 0 N–H and O–H groups in total. The smallest absolute Gasteiger partial charge is 0.309 e. The van der Waals surface area contributed by atoms with Gasteiger partial charge < -0.3 is 14.2 Å². The van der Waals surface area contributed by atoms with Crippen LogP contribution in [-0.2, 0) is 9.53 Å². The minimum atomic E-state index is -0.300. The van der Waals surface area contributed by atoms with E-state index in [-0.39, 0.29) is 18.0 Å². The van der Waals surface area contributed by atoms with Crippen molar-refractivity contribution in [2.75, 3.05) is 13.2 Å². The molecule has 0 aliphatic carbocycles. The van der Waals surface area contributed by atoms with Crippen molar-refractivity contribution in [1.82, 2.24) is 9.97 Å². The Hall–Kier alpha value is -3.41. The fourth-order valence-corrected chi connectivity index (χ4v) is 4.55. The van der Waals surface area contributed by atoms with Crippen LogP contribution in [0.2, 0.25) is 0 Å². The zero-order chi connectivity index (χ0) is 29.3. The Morgan fingerprint density at radius 2 is 1.24 bits per heavy atom. The van der Waals surface area contributed by atoms with E-state index in [0.29, 0.717) is 24.8 Å². The van der Waals surface area contributed by atoms with Gasteiger partial charge in [0.15, 0.2) is 11.6 Å². The molecule has 3 aromatic rings. The number of benzene rings is 2. The zero-order valence-corrected chi connectivity index (χ0v) is 25.4. The number of carbonyl (C=O) groups excluding carboxylic acids is 1. The quantitative estimate of drug-likeness (QED) is 0.108. The molecule has 222 valence electrons. The van der Waals surface area contributed by atoms with Crippen LogP contribution >= 0.6 is 0 Å². The number of aromatic nitrogens is 2. The van der Waals surface area contributed by atoms with E-state index in [4.69, 9.17) is 14.2 Å². The van der Waals surface area contributed by atoms with E-state index in [1.165, 1.54) is 44.9 Å². The maximum atomic E-state index is 12.3. The molecule has 41 heavy (non-hydrogen) atoms. The summed E-state index contributed by atoms with van der Waals surface area (Å²) in [6.07, 6.45) is 14.8. The average Bonchev–Trinajstić information content (AvgIpc) is 3.00. The van der Waals surface area contributed by atoms with Crippen molar-refractivity contribution in [3.63, 3.8) is 0 Å². The minimum absolute atomic E-state index is 0.0742. The minimum Gasteiger partial charge on any atom is -0.490 e. The van der Waals surface area contributed by atoms with Gasteiger partial charge >= 0.3 is 5.97 Å². The summed E-state index contributed by atoms with van der Waals surface area (Å²) in [5.41, 5.74) is 3.14. The van der Waals surface area contributed by atoms with Crippen LogP contribution in [0.3, 0.4) is 0 Å². The zero-order valence-electron chi connectivity index (χ0n) is 25.4. The van der Waals surface area contributed by atoms with E-state index < -0.39 is 0 Å². The van der Waals surface area contributed by atoms with Gasteiger partial charge in [0.1, 0.15) is 18.5 Å². The van der Waals surface area contributed by atoms with E-state index in [0.717, 1.165) is 41.7 Å². The molecule has 6 nitrogen and oxygen atoms in total. The van der Waals surface area contributed by atoms with Crippen LogP contribution in [0.1, 0.15) is 91.9 Å². The highest BCUT2D eigenvalue weighted by atomic mass is 16.6. The van der Waals surface area contributed by atoms with Crippen molar-refractivity contribution < 1.29 is 19.0 Å². The molecule has 0 aliphatic heterocycles. The Labute approximate surface area is 246 Å². The van der Waals surface area contributed by atoms with Crippen molar-refractivity contribution in [3.8, 4) is 34.0 Å². The monoisotopic (exact) mass is 560 g/mol. The van der Waals surface area contributed by atoms with Crippen molar-refractivity contribution in [2.45, 2.75) is 98.0 Å². The van der Waals surface area contributed by atoms with Crippen LogP contribution in [-0.4, -0.2) is 35.3 Å². The first-order chi connectivity index (χ1) is 20.0. The summed E-state index contributed by atoms with van der Waals surface area (Å²) in [4.78, 5) is 21.3. The van der Waals surface area contributed by atoms with Gasteiger partial charge in [0.05, 0.1) is 24.9 Å². The van der Waals surface area contributed by atoms with Gasteiger partial charge in [0.25, 0.3) is 0 Å². The summed E-state index contributed by atoms with van der Waals surface area (Å²) < 4.78 is 17.3. The van der Waals surface area contributed by atoms with Gasteiger partial charge in [-0.2, -0.15) is 0 Å². The van der Waals surface area contributed by atoms with Crippen LogP contribution in [0.4, 0.5) is 0 Å². The number of hydrogen-bond acceptors (Lipinski definition) is 6. The summed E-state index contributed by atoms with van der Waals surface area (Å²) in [6.45, 7) is 9.26. The molecule has 1 heterocycles. The predicted molar refractivity (Wildman–Crippen MR) is 166 cm³/mol. The lowest BCUT2D eigenvalue weighted by atomic mass is 10.0. The molecule has 0 aliphatic rings. The van der Waals surface area contributed by atoms with Crippen LogP contribution < -0.4 is 9.47 Å². The van der Waals surface area contributed by atoms with Gasteiger partial charge in [0, 0.05) is 5.56 Å². The molecule has 0 bridgehead atoms. The number of unbranched alkanes of at least 4 members (excludes halogenated alkanes) is 7. The van der Waals surface area contributed by atoms with E-state index in [9.17, 15) is 4.79 Å². The second kappa shape index (κ2) is 18.1. The molecule has 3 rings (SSSR count). The molecule has 2 atom stereocenters. The Morgan fingerprint density at radius 3 is 1.88 bits per heavy atom. The van der Waals surface area contributed by atoms with Gasteiger partial charge in [-0.3, -0.25) is 4.79 Å². The SMILES string of the molecule is CCCCCCCOc1cnc(-c2ccc(-c3ccc(OCC(C)OC(=O)C(C)CCCCCC)cc3)cc2)nc1. The summed E-state index contributed by atoms with van der Waals surface area (Å²) >= 11 is 0. The van der Waals surface area contributed by atoms with Gasteiger partial charge in [-0.1, -0.05) is 109 Å². The third-order valence-corrected chi connectivity index (χ3v) is 7.17. The average molecular weight is 561 g/mol. The molecule has 0 saturated heterocycles. The largest absolute Gasteiger partial charge is 0.490 e. The van der Waals surface area contributed by atoms with E-state index in [1.807, 2.05) is 50.2 Å². The first-order valence-electron chi connectivity index (χ1n) is 15.5. The topological polar surface area (TPSA) is 70.5 Å². The molecule has 0 amide bonds. The Kier molecular flexibility index (Phi) is 14.2. The first kappa shape index (κ1) is 32.1. The normalized spacial score (nSPS) is 12.5. The Balaban J connectivity index is 1.43. The molecule has 2 unspecified atom stereocenters. The number of ether oxygens (including phenoxy) is 3. The lowest BCUT2D eigenvalue weighted by molar-refractivity contribution is -0.154. The molecule has 0 fully saturated rings. The maximum absolute atomic E-state index is 12.3. The van der Waals surface area contributed by atoms with E-state index in [1.54, 1.807) is 12.4 Å². The maximum Gasteiger partial charge on any atom is 0.309 e.